The van der Waals surface area contributed by atoms with Crippen molar-refractivity contribution >= 4 is 28.4 Å². The topological polar surface area (TPSA) is 17.1 Å². The smallest absolute Gasteiger partial charge is 0.258 e. The molecule has 0 amide bonds. The molecule has 0 spiro atoms. The van der Waals surface area contributed by atoms with Gasteiger partial charge in [-0.3, -0.25) is 4.79 Å². The summed E-state index contributed by atoms with van der Waals surface area (Å²) in [5.74, 6) is -4.14. The quantitative estimate of drug-likeness (QED) is 0.410. The summed E-state index contributed by atoms with van der Waals surface area (Å²) < 4.78 is 38.1. The van der Waals surface area contributed by atoms with Crippen LogP contribution in [0.2, 0.25) is 5.02 Å². The second-order valence-electron chi connectivity index (χ2n) is 2.12. The summed E-state index contributed by atoms with van der Waals surface area (Å²) in [4.78, 5) is 10.5. The van der Waals surface area contributed by atoms with Crippen molar-refractivity contribution in [2.24, 2.45) is 0 Å². The molecule has 0 saturated heterocycles. The highest BCUT2D eigenvalue weighted by atomic mass is 35.5. The molecule has 70 valence electrons. The van der Waals surface area contributed by atoms with E-state index in [1.807, 2.05) is 0 Å². The molecule has 1 aromatic rings. The lowest BCUT2D eigenvalue weighted by atomic mass is 10.2. The predicted molar refractivity (Wildman–Crippen MR) is 41.5 cm³/mol. The minimum atomic E-state index is -1.49. The average Bonchev–Trinajstić information content (AvgIpc) is 1.99. The fourth-order valence-corrected chi connectivity index (χ4v) is 1.07. The van der Waals surface area contributed by atoms with E-state index >= 15 is 0 Å². The van der Waals surface area contributed by atoms with Crippen LogP contribution in [-0.2, 0) is 0 Å². The Hall–Kier alpha value is -0.740. The summed E-state index contributed by atoms with van der Waals surface area (Å²) in [6, 6.07) is 0.293. The van der Waals surface area contributed by atoms with Crippen molar-refractivity contribution in [2.45, 2.75) is 0 Å². The molecule has 13 heavy (non-hydrogen) atoms. The Labute approximate surface area is 81.1 Å². The zero-order valence-corrected chi connectivity index (χ0v) is 7.39. The average molecular weight is 229 g/mol. The van der Waals surface area contributed by atoms with Gasteiger partial charge in [0.1, 0.15) is 22.2 Å². The maximum atomic E-state index is 12.9. The third-order valence-electron chi connectivity index (χ3n) is 1.31. The van der Waals surface area contributed by atoms with Gasteiger partial charge in [-0.15, -0.1) is 0 Å². The Morgan fingerprint density at radius 3 is 2.23 bits per heavy atom. The predicted octanol–water partition coefficient (Wildman–Crippen LogP) is 3.14. The molecule has 0 radical (unpaired) electrons. The molecule has 0 saturated carbocycles. The molecule has 0 heterocycles. The van der Waals surface area contributed by atoms with E-state index in [1.54, 1.807) is 0 Å². The van der Waals surface area contributed by atoms with Crippen LogP contribution in [0, 0.1) is 17.5 Å². The van der Waals surface area contributed by atoms with Crippen molar-refractivity contribution in [3.05, 3.63) is 34.1 Å². The second-order valence-corrected chi connectivity index (χ2v) is 2.84. The van der Waals surface area contributed by atoms with Crippen molar-refractivity contribution in [2.75, 3.05) is 0 Å². The zero-order chi connectivity index (χ0) is 10.2. The Bertz CT molecular complexity index is 378. The van der Waals surface area contributed by atoms with Crippen LogP contribution < -0.4 is 0 Å². The highest BCUT2D eigenvalue weighted by molar-refractivity contribution is 6.67. The fraction of sp³-hybridized carbons (Fsp3) is 0. The highest BCUT2D eigenvalue weighted by Crippen LogP contribution is 2.25. The lowest BCUT2D eigenvalue weighted by Crippen LogP contribution is -2.02. The molecule has 0 bridgehead atoms. The van der Waals surface area contributed by atoms with Gasteiger partial charge in [0.15, 0.2) is 5.82 Å². The van der Waals surface area contributed by atoms with Gasteiger partial charge in [0.2, 0.25) is 0 Å². The van der Waals surface area contributed by atoms with Crippen LogP contribution in [0.3, 0.4) is 0 Å². The SMILES string of the molecule is O=C(Cl)c1c(F)cc(F)c(Cl)c1F. The highest BCUT2D eigenvalue weighted by Gasteiger charge is 2.21. The first kappa shape index (κ1) is 10.3. The molecule has 0 aliphatic heterocycles. The monoisotopic (exact) mass is 228 g/mol. The van der Waals surface area contributed by atoms with Crippen molar-refractivity contribution in [1.29, 1.82) is 0 Å². The molecular formula is C7HCl2F3O. The number of carbonyl (C=O) groups excluding carboxylic acids is 1. The van der Waals surface area contributed by atoms with E-state index in [4.69, 9.17) is 23.2 Å². The maximum absolute atomic E-state index is 12.9. The van der Waals surface area contributed by atoms with Crippen LogP contribution in [0.4, 0.5) is 13.2 Å². The first-order chi connectivity index (χ1) is 5.95. The molecule has 6 heteroatoms. The summed E-state index contributed by atoms with van der Waals surface area (Å²) in [7, 11) is 0. The van der Waals surface area contributed by atoms with Gasteiger partial charge in [0.05, 0.1) is 0 Å². The largest absolute Gasteiger partial charge is 0.275 e. The Balaban J connectivity index is 3.53. The molecule has 0 aromatic heterocycles. The lowest BCUT2D eigenvalue weighted by Gasteiger charge is -2.01. The van der Waals surface area contributed by atoms with Gasteiger partial charge in [-0.2, -0.15) is 0 Å². The van der Waals surface area contributed by atoms with E-state index in [0.29, 0.717) is 6.07 Å². The Morgan fingerprint density at radius 1 is 1.23 bits per heavy atom. The van der Waals surface area contributed by atoms with E-state index in [1.165, 1.54) is 0 Å². The number of halogens is 5. The Morgan fingerprint density at radius 2 is 1.77 bits per heavy atom. The van der Waals surface area contributed by atoms with Gasteiger partial charge in [0.25, 0.3) is 5.24 Å². The summed E-state index contributed by atoms with van der Waals surface area (Å²) >= 11 is 9.91. The van der Waals surface area contributed by atoms with Gasteiger partial charge in [-0.05, 0) is 11.6 Å². The third-order valence-corrected chi connectivity index (χ3v) is 1.85. The van der Waals surface area contributed by atoms with Gasteiger partial charge in [-0.1, -0.05) is 11.6 Å². The van der Waals surface area contributed by atoms with Gasteiger partial charge in [-0.25, -0.2) is 13.2 Å². The number of benzene rings is 1. The van der Waals surface area contributed by atoms with Crippen molar-refractivity contribution in [1.82, 2.24) is 0 Å². The van der Waals surface area contributed by atoms with E-state index in [9.17, 15) is 18.0 Å². The minimum Gasteiger partial charge on any atom is -0.275 e. The molecule has 1 rings (SSSR count). The number of hydrogen-bond donors (Lipinski definition) is 0. The molecule has 1 aromatic carbocycles. The van der Waals surface area contributed by atoms with Crippen LogP contribution in [0.15, 0.2) is 6.07 Å². The van der Waals surface area contributed by atoms with Crippen molar-refractivity contribution in [3.8, 4) is 0 Å². The first-order valence-corrected chi connectivity index (χ1v) is 3.73. The fourth-order valence-electron chi connectivity index (χ4n) is 0.746. The van der Waals surface area contributed by atoms with Crippen molar-refractivity contribution in [3.63, 3.8) is 0 Å². The number of hydrogen-bond acceptors (Lipinski definition) is 1. The van der Waals surface area contributed by atoms with Crippen LogP contribution in [0.1, 0.15) is 10.4 Å². The van der Waals surface area contributed by atoms with Crippen LogP contribution in [0.25, 0.3) is 0 Å². The van der Waals surface area contributed by atoms with E-state index in [0.717, 1.165) is 0 Å². The van der Waals surface area contributed by atoms with Crippen LogP contribution >= 0.6 is 23.2 Å². The van der Waals surface area contributed by atoms with Gasteiger partial charge >= 0.3 is 0 Å². The standard InChI is InChI=1S/C7HCl2F3O/c8-5-3(11)1-2(10)4(6(5)12)7(9)13/h1H. The van der Waals surface area contributed by atoms with Crippen LogP contribution in [0.5, 0.6) is 0 Å². The normalized spacial score (nSPS) is 10.2. The minimum absolute atomic E-state index is 0.293. The summed E-state index contributed by atoms with van der Waals surface area (Å²) in [5.41, 5.74) is -1.05. The van der Waals surface area contributed by atoms with E-state index in [2.05, 4.69) is 0 Å². The van der Waals surface area contributed by atoms with Crippen molar-refractivity contribution < 1.29 is 18.0 Å². The van der Waals surface area contributed by atoms with E-state index in [-0.39, 0.29) is 0 Å². The van der Waals surface area contributed by atoms with Crippen LogP contribution in [-0.4, -0.2) is 5.24 Å². The van der Waals surface area contributed by atoms with Gasteiger partial charge in [0, 0.05) is 6.07 Å². The first-order valence-electron chi connectivity index (χ1n) is 2.98. The lowest BCUT2D eigenvalue weighted by molar-refractivity contribution is 0.107. The number of carbonyl (C=O) groups is 1. The summed E-state index contributed by atoms with van der Waals surface area (Å²) in [6.07, 6.45) is 0. The van der Waals surface area contributed by atoms with Gasteiger partial charge < -0.3 is 0 Å². The zero-order valence-electron chi connectivity index (χ0n) is 5.88. The molecule has 0 N–H and O–H groups in total. The summed E-state index contributed by atoms with van der Waals surface area (Å²) in [5, 5.41) is -2.32. The second kappa shape index (κ2) is 3.55. The van der Waals surface area contributed by atoms with E-state index < -0.39 is 33.3 Å². The molecule has 0 unspecified atom stereocenters. The third kappa shape index (κ3) is 1.78. The Kier molecular flexibility index (Phi) is 2.83. The molecule has 0 aliphatic rings. The molecule has 1 nitrogen and oxygen atoms in total. The maximum Gasteiger partial charge on any atom is 0.258 e. The molecule has 0 fully saturated rings. The summed E-state index contributed by atoms with van der Waals surface area (Å²) in [6.45, 7) is 0. The molecule has 0 atom stereocenters. The number of rotatable bonds is 1. The molecular weight excluding hydrogens is 228 g/mol. The molecule has 0 aliphatic carbocycles.